The molecule has 2 aliphatic rings. The number of thiazole rings is 1. The summed E-state index contributed by atoms with van der Waals surface area (Å²) in [6, 6.07) is 6.32. The first-order valence-electron chi connectivity index (χ1n) is 10.3. The first-order valence-corrected chi connectivity index (χ1v) is 11.1. The van der Waals surface area contributed by atoms with Gasteiger partial charge in [0.25, 0.3) is 0 Å². The molecule has 4 heterocycles. The van der Waals surface area contributed by atoms with E-state index in [2.05, 4.69) is 53.1 Å². The molecule has 1 saturated heterocycles. The number of aryl methyl sites for hydroxylation is 2. The third-order valence-electron chi connectivity index (χ3n) is 5.91. The summed E-state index contributed by atoms with van der Waals surface area (Å²) in [7, 11) is 0. The van der Waals surface area contributed by atoms with Gasteiger partial charge in [-0.25, -0.2) is 15.0 Å². The summed E-state index contributed by atoms with van der Waals surface area (Å²) in [5.74, 6) is 2.63. The zero-order valence-corrected chi connectivity index (χ0v) is 17.7. The van der Waals surface area contributed by atoms with E-state index < -0.39 is 0 Å². The number of hydrogen-bond donors (Lipinski definition) is 0. The van der Waals surface area contributed by atoms with Crippen LogP contribution in [-0.2, 0) is 0 Å². The summed E-state index contributed by atoms with van der Waals surface area (Å²) in [6.45, 7) is 7.73. The fraction of sp³-hybridized carbons (Fsp3) is 0.476. The van der Waals surface area contributed by atoms with Crippen LogP contribution in [0.3, 0.4) is 0 Å². The van der Waals surface area contributed by atoms with Crippen LogP contribution in [-0.4, -0.2) is 51.3 Å². The van der Waals surface area contributed by atoms with Gasteiger partial charge < -0.3 is 9.80 Å². The minimum absolute atomic E-state index is 0.637. The maximum atomic E-state index is 4.52. The SMILES string of the molecule is Cc1nc(C)c(-c2ccc(N3CCN(c4cc(C5CCC5)ncn4)CC3)nn2)s1. The average Bonchev–Trinajstić information content (AvgIpc) is 3.05. The van der Waals surface area contributed by atoms with Crippen molar-refractivity contribution in [2.45, 2.75) is 39.0 Å². The summed E-state index contributed by atoms with van der Waals surface area (Å²) < 4.78 is 0. The van der Waals surface area contributed by atoms with E-state index in [4.69, 9.17) is 0 Å². The van der Waals surface area contributed by atoms with Crippen molar-refractivity contribution in [2.75, 3.05) is 36.0 Å². The zero-order chi connectivity index (χ0) is 19.8. The molecule has 0 bridgehead atoms. The molecule has 1 aliphatic carbocycles. The molecule has 7 nitrogen and oxygen atoms in total. The average molecular weight is 408 g/mol. The van der Waals surface area contributed by atoms with E-state index in [1.807, 2.05) is 13.8 Å². The predicted octanol–water partition coefficient (Wildman–Crippen LogP) is 3.60. The number of hydrogen-bond acceptors (Lipinski definition) is 8. The van der Waals surface area contributed by atoms with Crippen LogP contribution < -0.4 is 9.80 Å². The molecule has 0 atom stereocenters. The van der Waals surface area contributed by atoms with Gasteiger partial charge in [-0.3, -0.25) is 0 Å². The van der Waals surface area contributed by atoms with Gasteiger partial charge in [-0.1, -0.05) is 6.42 Å². The van der Waals surface area contributed by atoms with Crippen LogP contribution in [0.25, 0.3) is 10.6 Å². The van der Waals surface area contributed by atoms with Gasteiger partial charge in [0.05, 0.1) is 15.6 Å². The molecule has 3 aromatic heterocycles. The topological polar surface area (TPSA) is 70.9 Å². The van der Waals surface area contributed by atoms with E-state index in [0.717, 1.165) is 59.1 Å². The van der Waals surface area contributed by atoms with Gasteiger partial charge in [-0.05, 0) is 38.8 Å². The fourth-order valence-corrected chi connectivity index (χ4v) is 4.90. The minimum atomic E-state index is 0.637. The van der Waals surface area contributed by atoms with E-state index in [0.29, 0.717) is 5.92 Å². The zero-order valence-electron chi connectivity index (χ0n) is 16.9. The van der Waals surface area contributed by atoms with E-state index in [1.165, 1.54) is 25.0 Å². The normalized spacial score (nSPS) is 17.4. The first-order chi connectivity index (χ1) is 14.2. The number of piperazine rings is 1. The fourth-order valence-electron chi connectivity index (χ4n) is 4.01. The monoisotopic (exact) mass is 407 g/mol. The quantitative estimate of drug-likeness (QED) is 0.654. The lowest BCUT2D eigenvalue weighted by Crippen LogP contribution is -2.47. The Labute approximate surface area is 174 Å². The molecule has 29 heavy (non-hydrogen) atoms. The summed E-state index contributed by atoms with van der Waals surface area (Å²) in [6.07, 6.45) is 5.58. The lowest BCUT2D eigenvalue weighted by Gasteiger charge is -2.36. The maximum absolute atomic E-state index is 4.52. The molecule has 2 fully saturated rings. The van der Waals surface area contributed by atoms with Crippen molar-refractivity contribution < 1.29 is 0 Å². The molecule has 0 aromatic carbocycles. The minimum Gasteiger partial charge on any atom is -0.353 e. The Bertz CT molecular complexity index is 989. The van der Waals surface area contributed by atoms with Crippen molar-refractivity contribution in [3.63, 3.8) is 0 Å². The van der Waals surface area contributed by atoms with Crippen LogP contribution in [0.15, 0.2) is 24.5 Å². The molecular weight excluding hydrogens is 382 g/mol. The molecule has 0 unspecified atom stereocenters. The Morgan fingerprint density at radius 2 is 1.69 bits per heavy atom. The molecule has 3 aromatic rings. The molecule has 0 N–H and O–H groups in total. The summed E-state index contributed by atoms with van der Waals surface area (Å²) in [4.78, 5) is 19.3. The molecule has 5 rings (SSSR count). The number of rotatable bonds is 4. The Kier molecular flexibility index (Phi) is 4.87. The first kappa shape index (κ1) is 18.4. The van der Waals surface area contributed by atoms with Gasteiger partial charge in [0.2, 0.25) is 0 Å². The smallest absolute Gasteiger partial charge is 0.151 e. The van der Waals surface area contributed by atoms with Crippen LogP contribution in [0.5, 0.6) is 0 Å². The number of anilines is 2. The van der Waals surface area contributed by atoms with Gasteiger partial charge in [-0.15, -0.1) is 21.5 Å². The molecule has 150 valence electrons. The van der Waals surface area contributed by atoms with Crippen molar-refractivity contribution in [1.29, 1.82) is 0 Å². The highest BCUT2D eigenvalue weighted by molar-refractivity contribution is 7.15. The lowest BCUT2D eigenvalue weighted by atomic mass is 9.83. The highest BCUT2D eigenvalue weighted by Gasteiger charge is 2.24. The van der Waals surface area contributed by atoms with Gasteiger partial charge in [0.1, 0.15) is 17.8 Å². The summed E-state index contributed by atoms with van der Waals surface area (Å²) >= 11 is 1.67. The maximum Gasteiger partial charge on any atom is 0.151 e. The van der Waals surface area contributed by atoms with Crippen LogP contribution in [0.2, 0.25) is 0 Å². The molecule has 8 heteroatoms. The van der Waals surface area contributed by atoms with E-state index in [-0.39, 0.29) is 0 Å². The van der Waals surface area contributed by atoms with Crippen molar-refractivity contribution >= 4 is 23.0 Å². The molecule has 1 aliphatic heterocycles. The van der Waals surface area contributed by atoms with Crippen molar-refractivity contribution in [1.82, 2.24) is 25.1 Å². The van der Waals surface area contributed by atoms with E-state index in [1.54, 1.807) is 17.7 Å². The van der Waals surface area contributed by atoms with Crippen molar-refractivity contribution in [2.24, 2.45) is 0 Å². The molecular formula is C21H25N7S. The second-order valence-corrected chi connectivity index (χ2v) is 9.03. The van der Waals surface area contributed by atoms with E-state index >= 15 is 0 Å². The largest absolute Gasteiger partial charge is 0.353 e. The Morgan fingerprint density at radius 1 is 0.931 bits per heavy atom. The molecule has 0 spiro atoms. The van der Waals surface area contributed by atoms with Gasteiger partial charge in [0, 0.05) is 43.9 Å². The number of nitrogens with zero attached hydrogens (tertiary/aromatic N) is 7. The standard InChI is InChI=1S/C21H25N7S/c1-14-21(29-15(2)24-14)17-6-7-19(26-25-17)27-8-10-28(11-9-27)20-12-18(22-13-23-20)16-4-3-5-16/h6-7,12-13,16H,3-5,8-11H2,1-2H3. The van der Waals surface area contributed by atoms with Gasteiger partial charge >= 0.3 is 0 Å². The molecule has 0 amide bonds. The summed E-state index contributed by atoms with van der Waals surface area (Å²) in [5, 5.41) is 10.0. The van der Waals surface area contributed by atoms with Crippen LogP contribution in [0, 0.1) is 13.8 Å². The Hall–Kier alpha value is -2.61. The van der Waals surface area contributed by atoms with E-state index in [9.17, 15) is 0 Å². The molecule has 0 radical (unpaired) electrons. The highest BCUT2D eigenvalue weighted by Crippen LogP contribution is 2.36. The van der Waals surface area contributed by atoms with Crippen molar-refractivity contribution in [3.8, 4) is 10.6 Å². The second kappa shape index (κ2) is 7.67. The Morgan fingerprint density at radius 3 is 2.28 bits per heavy atom. The van der Waals surface area contributed by atoms with Crippen LogP contribution in [0.4, 0.5) is 11.6 Å². The van der Waals surface area contributed by atoms with Crippen LogP contribution >= 0.6 is 11.3 Å². The van der Waals surface area contributed by atoms with Crippen molar-refractivity contribution in [3.05, 3.63) is 40.9 Å². The Balaban J connectivity index is 1.24. The third kappa shape index (κ3) is 3.69. The number of aromatic nitrogens is 5. The second-order valence-electron chi connectivity index (χ2n) is 7.83. The predicted molar refractivity (Wildman–Crippen MR) is 116 cm³/mol. The summed E-state index contributed by atoms with van der Waals surface area (Å²) in [5.41, 5.74) is 3.13. The van der Waals surface area contributed by atoms with Gasteiger partial charge in [-0.2, -0.15) is 0 Å². The highest BCUT2D eigenvalue weighted by atomic mass is 32.1. The lowest BCUT2D eigenvalue weighted by molar-refractivity contribution is 0.410. The third-order valence-corrected chi connectivity index (χ3v) is 7.01. The van der Waals surface area contributed by atoms with Crippen LogP contribution in [0.1, 0.15) is 41.6 Å². The molecule has 1 saturated carbocycles. The van der Waals surface area contributed by atoms with Gasteiger partial charge in [0.15, 0.2) is 5.82 Å².